The van der Waals surface area contributed by atoms with E-state index in [1.54, 1.807) is 0 Å². The van der Waals surface area contributed by atoms with Crippen LogP contribution in [0.5, 0.6) is 0 Å². The van der Waals surface area contributed by atoms with Gasteiger partial charge in [0.05, 0.1) is 0 Å². The summed E-state index contributed by atoms with van der Waals surface area (Å²) in [5, 5.41) is 0. The van der Waals surface area contributed by atoms with E-state index in [0.717, 1.165) is 26.2 Å². The predicted molar refractivity (Wildman–Crippen MR) is 179 cm³/mol. The van der Waals surface area contributed by atoms with Gasteiger partial charge in [0.1, 0.15) is 0 Å². The molecule has 0 fully saturated rings. The van der Waals surface area contributed by atoms with Crippen molar-refractivity contribution >= 4 is 34.1 Å². The number of anilines is 6. The number of benzene rings is 3. The Morgan fingerprint density at radius 1 is 0.350 bits per heavy atom. The molecule has 0 aliphatic carbocycles. The largest absolute Gasteiger partial charge is 0.371 e. The number of hydrogen-bond acceptors (Lipinski definition) is 4. The van der Waals surface area contributed by atoms with E-state index in [4.69, 9.17) is 0 Å². The highest BCUT2D eigenvalue weighted by Gasteiger charge is 2.14. The second kappa shape index (κ2) is 14.5. The van der Waals surface area contributed by atoms with Crippen LogP contribution in [-0.2, 0) is 0 Å². The van der Waals surface area contributed by atoms with Gasteiger partial charge in [-0.05, 0) is 96.5 Å². The molecular weight excluding hydrogens is 488 g/mol. The van der Waals surface area contributed by atoms with Gasteiger partial charge < -0.3 is 19.6 Å². The fourth-order valence-electron chi connectivity index (χ4n) is 5.31. The minimum absolute atomic E-state index is 0.639. The van der Waals surface area contributed by atoms with Gasteiger partial charge in [-0.3, -0.25) is 0 Å². The van der Waals surface area contributed by atoms with E-state index in [0.29, 0.717) is 23.7 Å². The van der Waals surface area contributed by atoms with Crippen molar-refractivity contribution < 1.29 is 0 Å². The van der Waals surface area contributed by atoms with Crippen molar-refractivity contribution in [2.24, 2.45) is 23.7 Å². The van der Waals surface area contributed by atoms with Gasteiger partial charge in [0, 0.05) is 74.4 Å². The molecule has 0 heterocycles. The number of nitrogens with zero attached hydrogens (tertiary/aromatic N) is 4. The van der Waals surface area contributed by atoms with Crippen molar-refractivity contribution in [3.05, 3.63) is 72.8 Å². The molecule has 0 bridgehead atoms. The second-order valence-electron chi connectivity index (χ2n) is 13.1. The van der Waals surface area contributed by atoms with Crippen molar-refractivity contribution in [1.82, 2.24) is 0 Å². The summed E-state index contributed by atoms with van der Waals surface area (Å²) in [5.74, 6) is 2.56. The first kappa shape index (κ1) is 31.4. The molecule has 0 N–H and O–H groups in total. The SMILES string of the molecule is CC(C)CN(CC(C)C)c1ccc(N(C)c2ccc(N(C)c3ccc(N(CC(C)C)CC(C)C)cc3)cc2)cc1. The van der Waals surface area contributed by atoms with Gasteiger partial charge in [-0.15, -0.1) is 0 Å². The maximum absolute atomic E-state index is 2.52. The lowest BCUT2D eigenvalue weighted by atomic mass is 10.1. The van der Waals surface area contributed by atoms with Crippen LogP contribution >= 0.6 is 0 Å². The summed E-state index contributed by atoms with van der Waals surface area (Å²) in [4.78, 5) is 9.55. The van der Waals surface area contributed by atoms with Crippen LogP contribution in [0.1, 0.15) is 55.4 Å². The molecule has 0 aromatic heterocycles. The zero-order chi connectivity index (χ0) is 29.4. The monoisotopic (exact) mass is 542 g/mol. The molecular formula is C36H54N4. The maximum atomic E-state index is 2.52. The van der Waals surface area contributed by atoms with Crippen LogP contribution in [0, 0.1) is 23.7 Å². The fourth-order valence-corrected chi connectivity index (χ4v) is 5.31. The van der Waals surface area contributed by atoms with Crippen molar-refractivity contribution in [1.29, 1.82) is 0 Å². The van der Waals surface area contributed by atoms with Crippen LogP contribution in [-0.4, -0.2) is 40.3 Å². The van der Waals surface area contributed by atoms with Crippen molar-refractivity contribution in [3.8, 4) is 0 Å². The predicted octanol–water partition coefficient (Wildman–Crippen LogP) is 9.46. The highest BCUT2D eigenvalue weighted by Crippen LogP contribution is 2.31. The van der Waals surface area contributed by atoms with E-state index in [1.165, 1.54) is 34.1 Å². The van der Waals surface area contributed by atoms with E-state index in [9.17, 15) is 0 Å². The zero-order valence-corrected chi connectivity index (χ0v) is 26.9. The van der Waals surface area contributed by atoms with Crippen LogP contribution < -0.4 is 19.6 Å². The standard InChI is InChI=1S/C36H54N4/c1-27(2)23-39(24-28(3)4)35-19-15-33(16-20-35)37(9)31-11-13-32(14-12-31)38(10)34-17-21-36(22-18-34)40(25-29(5)6)26-30(7)8/h11-22,27-30H,23-26H2,1-10H3. The van der Waals surface area contributed by atoms with Gasteiger partial charge in [-0.2, -0.15) is 0 Å². The highest BCUT2D eigenvalue weighted by molar-refractivity contribution is 5.70. The van der Waals surface area contributed by atoms with Crippen molar-refractivity contribution in [2.45, 2.75) is 55.4 Å². The summed E-state index contributed by atoms with van der Waals surface area (Å²) in [6, 6.07) is 26.9. The zero-order valence-electron chi connectivity index (χ0n) is 26.9. The average molecular weight is 543 g/mol. The molecule has 0 spiro atoms. The Morgan fingerprint density at radius 3 is 0.700 bits per heavy atom. The van der Waals surface area contributed by atoms with E-state index in [2.05, 4.69) is 162 Å². The maximum Gasteiger partial charge on any atom is 0.0409 e. The molecule has 0 aliphatic rings. The molecule has 0 saturated heterocycles. The lowest BCUT2D eigenvalue weighted by Crippen LogP contribution is -2.31. The van der Waals surface area contributed by atoms with Crippen LogP contribution in [0.25, 0.3) is 0 Å². The second-order valence-corrected chi connectivity index (χ2v) is 13.1. The third-order valence-electron chi connectivity index (χ3n) is 7.17. The molecule has 218 valence electrons. The molecule has 0 unspecified atom stereocenters. The fraction of sp³-hybridized carbons (Fsp3) is 0.500. The summed E-state index contributed by atoms with van der Waals surface area (Å²) in [6.07, 6.45) is 0. The summed E-state index contributed by atoms with van der Waals surface area (Å²) in [6.45, 7) is 22.7. The van der Waals surface area contributed by atoms with Crippen LogP contribution in [0.15, 0.2) is 72.8 Å². The summed E-state index contributed by atoms with van der Waals surface area (Å²) in [7, 11) is 4.29. The molecule has 0 amide bonds. The Balaban J connectivity index is 1.70. The third kappa shape index (κ3) is 8.94. The molecule has 0 saturated carbocycles. The van der Waals surface area contributed by atoms with Crippen LogP contribution in [0.2, 0.25) is 0 Å². The Morgan fingerprint density at radius 2 is 0.525 bits per heavy atom. The molecule has 3 aromatic rings. The smallest absolute Gasteiger partial charge is 0.0409 e. The summed E-state index contributed by atoms with van der Waals surface area (Å²) < 4.78 is 0. The molecule has 4 heteroatoms. The quantitative estimate of drug-likeness (QED) is 0.201. The van der Waals surface area contributed by atoms with Gasteiger partial charge in [0.25, 0.3) is 0 Å². The van der Waals surface area contributed by atoms with Gasteiger partial charge >= 0.3 is 0 Å². The molecule has 3 aromatic carbocycles. The molecule has 0 radical (unpaired) electrons. The molecule has 0 atom stereocenters. The summed E-state index contributed by atoms with van der Waals surface area (Å²) in [5.41, 5.74) is 7.36. The van der Waals surface area contributed by atoms with Gasteiger partial charge in [0.15, 0.2) is 0 Å². The molecule has 0 aliphatic heterocycles. The topological polar surface area (TPSA) is 13.0 Å². The Bertz CT molecular complexity index is 1020. The van der Waals surface area contributed by atoms with E-state index in [1.807, 2.05) is 0 Å². The van der Waals surface area contributed by atoms with Gasteiger partial charge in [-0.25, -0.2) is 0 Å². The minimum Gasteiger partial charge on any atom is -0.371 e. The number of rotatable bonds is 14. The summed E-state index contributed by atoms with van der Waals surface area (Å²) >= 11 is 0. The first-order valence-corrected chi connectivity index (χ1v) is 15.2. The van der Waals surface area contributed by atoms with Crippen LogP contribution in [0.4, 0.5) is 34.1 Å². The highest BCUT2D eigenvalue weighted by atomic mass is 15.1. The van der Waals surface area contributed by atoms with Crippen molar-refractivity contribution in [3.63, 3.8) is 0 Å². The Labute approximate surface area is 245 Å². The van der Waals surface area contributed by atoms with E-state index >= 15 is 0 Å². The normalized spacial score (nSPS) is 11.6. The average Bonchev–Trinajstić information content (AvgIpc) is 2.91. The van der Waals surface area contributed by atoms with E-state index < -0.39 is 0 Å². The van der Waals surface area contributed by atoms with Crippen molar-refractivity contribution in [2.75, 3.05) is 59.9 Å². The van der Waals surface area contributed by atoms with E-state index in [-0.39, 0.29) is 0 Å². The van der Waals surface area contributed by atoms with Gasteiger partial charge in [0.2, 0.25) is 0 Å². The van der Waals surface area contributed by atoms with Crippen LogP contribution in [0.3, 0.4) is 0 Å². The molecule has 40 heavy (non-hydrogen) atoms. The Hall–Kier alpha value is -3.14. The lowest BCUT2D eigenvalue weighted by molar-refractivity contribution is 0.552. The first-order valence-electron chi connectivity index (χ1n) is 15.2. The minimum atomic E-state index is 0.639. The lowest BCUT2D eigenvalue weighted by Gasteiger charge is -2.29. The number of hydrogen-bond donors (Lipinski definition) is 0. The third-order valence-corrected chi connectivity index (χ3v) is 7.17. The Kier molecular flexibility index (Phi) is 11.4. The van der Waals surface area contributed by atoms with Gasteiger partial charge in [-0.1, -0.05) is 55.4 Å². The first-order chi connectivity index (χ1) is 18.9. The molecule has 4 nitrogen and oxygen atoms in total. The molecule has 3 rings (SSSR count).